The average molecular weight is 341 g/mol. The van der Waals surface area contributed by atoms with Crippen molar-refractivity contribution in [2.45, 2.75) is 6.04 Å². The second-order valence-corrected chi connectivity index (χ2v) is 5.89. The fourth-order valence-electron chi connectivity index (χ4n) is 2.41. The lowest BCUT2D eigenvalue weighted by Gasteiger charge is -2.17. The molecule has 0 aliphatic carbocycles. The maximum atomic E-state index is 6.29. The van der Waals surface area contributed by atoms with Crippen LogP contribution in [0, 0.1) is 0 Å². The first-order valence-corrected chi connectivity index (χ1v) is 7.54. The van der Waals surface area contributed by atoms with Gasteiger partial charge in [-0.05, 0) is 31.3 Å². The Hall–Kier alpha value is -1.19. The van der Waals surface area contributed by atoms with Crippen LogP contribution in [0.4, 0.5) is 0 Å². The van der Waals surface area contributed by atoms with Gasteiger partial charge in [0.2, 0.25) is 0 Å². The van der Waals surface area contributed by atoms with Gasteiger partial charge in [0.15, 0.2) is 5.58 Å². The van der Waals surface area contributed by atoms with Crippen LogP contribution >= 0.6 is 34.8 Å². The normalized spacial score (nSPS) is 12.8. The Morgan fingerprint density at radius 1 is 0.952 bits per heavy atom. The van der Waals surface area contributed by atoms with Gasteiger partial charge in [0.25, 0.3) is 0 Å². The van der Waals surface area contributed by atoms with Gasteiger partial charge in [-0.3, -0.25) is 0 Å². The van der Waals surface area contributed by atoms with Crippen LogP contribution in [0.25, 0.3) is 11.0 Å². The van der Waals surface area contributed by atoms with E-state index in [4.69, 9.17) is 39.2 Å². The Morgan fingerprint density at radius 3 is 2.19 bits per heavy atom. The van der Waals surface area contributed by atoms with Crippen LogP contribution in [0.5, 0.6) is 0 Å². The van der Waals surface area contributed by atoms with E-state index in [1.807, 2.05) is 43.4 Å². The molecule has 2 aromatic carbocycles. The minimum atomic E-state index is -0.241. The average Bonchev–Trinajstić information content (AvgIpc) is 2.88. The highest BCUT2D eigenvalue weighted by Crippen LogP contribution is 2.37. The van der Waals surface area contributed by atoms with Crippen molar-refractivity contribution in [3.63, 3.8) is 0 Å². The van der Waals surface area contributed by atoms with Crippen molar-refractivity contribution in [1.29, 1.82) is 0 Å². The van der Waals surface area contributed by atoms with Crippen LogP contribution < -0.4 is 5.32 Å². The second kappa shape index (κ2) is 5.90. The summed E-state index contributed by atoms with van der Waals surface area (Å²) in [5.74, 6) is 0.718. The van der Waals surface area contributed by atoms with Crippen molar-refractivity contribution < 1.29 is 4.42 Å². The molecule has 3 rings (SSSR count). The van der Waals surface area contributed by atoms with E-state index in [0.29, 0.717) is 20.7 Å². The van der Waals surface area contributed by atoms with Crippen molar-refractivity contribution in [2.75, 3.05) is 7.05 Å². The first-order chi connectivity index (χ1) is 10.1. The number of benzene rings is 2. The number of halogens is 3. The predicted octanol–water partition coefficient (Wildman–Crippen LogP) is 5.70. The summed E-state index contributed by atoms with van der Waals surface area (Å²) >= 11 is 18.7. The Morgan fingerprint density at radius 2 is 1.57 bits per heavy atom. The van der Waals surface area contributed by atoms with E-state index in [1.165, 1.54) is 0 Å². The zero-order valence-electron chi connectivity index (χ0n) is 11.2. The molecular formula is C16H12Cl3NO. The fraction of sp³-hybridized carbons (Fsp3) is 0.125. The summed E-state index contributed by atoms with van der Waals surface area (Å²) < 4.78 is 5.90. The lowest BCUT2D eigenvalue weighted by atomic mass is 10.0. The summed E-state index contributed by atoms with van der Waals surface area (Å²) in [6, 6.07) is 12.8. The molecule has 0 aliphatic heterocycles. The molecule has 5 heteroatoms. The van der Waals surface area contributed by atoms with E-state index in [-0.39, 0.29) is 6.04 Å². The molecule has 0 bridgehead atoms. The van der Waals surface area contributed by atoms with Crippen LogP contribution in [0.2, 0.25) is 15.1 Å². The number of para-hydroxylation sites is 1. The number of nitrogens with one attached hydrogen (secondary N) is 1. The van der Waals surface area contributed by atoms with Gasteiger partial charge in [-0.15, -0.1) is 0 Å². The Kier molecular flexibility index (Phi) is 4.14. The number of fused-ring (bicyclic) bond motifs is 1. The quantitative estimate of drug-likeness (QED) is 0.661. The molecule has 0 fully saturated rings. The topological polar surface area (TPSA) is 25.2 Å². The largest absolute Gasteiger partial charge is 0.457 e. The maximum Gasteiger partial charge on any atom is 0.152 e. The molecule has 1 aromatic heterocycles. The first kappa shape index (κ1) is 14.7. The third-order valence-corrected chi connectivity index (χ3v) is 4.33. The van der Waals surface area contributed by atoms with E-state index in [9.17, 15) is 0 Å². The fourth-order valence-corrected chi connectivity index (χ4v) is 3.24. The number of hydrogen-bond donors (Lipinski definition) is 1. The minimum absolute atomic E-state index is 0.241. The molecule has 1 atom stereocenters. The van der Waals surface area contributed by atoms with Gasteiger partial charge in [-0.1, -0.05) is 53.0 Å². The van der Waals surface area contributed by atoms with Crippen molar-refractivity contribution in [1.82, 2.24) is 5.32 Å². The van der Waals surface area contributed by atoms with E-state index in [0.717, 1.165) is 16.7 Å². The molecular weight excluding hydrogens is 329 g/mol. The molecule has 0 spiro atoms. The molecule has 0 aliphatic rings. The molecule has 108 valence electrons. The van der Waals surface area contributed by atoms with E-state index in [1.54, 1.807) is 6.07 Å². The smallest absolute Gasteiger partial charge is 0.152 e. The standard InChI is InChI=1S/C16H12Cl3NO/c1-20-15(14-10(17)5-3-6-11(14)18)13-8-9-4-2-7-12(19)16(9)21-13/h2-8,15,20H,1H3. The summed E-state index contributed by atoms with van der Waals surface area (Å²) in [5.41, 5.74) is 1.45. The van der Waals surface area contributed by atoms with Crippen molar-refractivity contribution >= 4 is 45.8 Å². The monoisotopic (exact) mass is 339 g/mol. The molecule has 3 aromatic rings. The third kappa shape index (κ3) is 2.65. The number of hydrogen-bond acceptors (Lipinski definition) is 2. The summed E-state index contributed by atoms with van der Waals surface area (Å²) in [4.78, 5) is 0. The van der Waals surface area contributed by atoms with Gasteiger partial charge in [-0.2, -0.15) is 0 Å². The number of furan rings is 1. The maximum absolute atomic E-state index is 6.29. The Balaban J connectivity index is 2.16. The first-order valence-electron chi connectivity index (χ1n) is 6.41. The van der Waals surface area contributed by atoms with Crippen LogP contribution in [0.3, 0.4) is 0 Å². The van der Waals surface area contributed by atoms with Gasteiger partial charge < -0.3 is 9.73 Å². The molecule has 1 unspecified atom stereocenters. The highest BCUT2D eigenvalue weighted by Gasteiger charge is 2.22. The molecule has 1 N–H and O–H groups in total. The highest BCUT2D eigenvalue weighted by molar-refractivity contribution is 6.36. The van der Waals surface area contributed by atoms with Crippen LogP contribution in [-0.4, -0.2) is 7.05 Å². The lowest BCUT2D eigenvalue weighted by molar-refractivity contribution is 0.492. The van der Waals surface area contributed by atoms with E-state index < -0.39 is 0 Å². The van der Waals surface area contributed by atoms with Crippen molar-refractivity contribution in [2.24, 2.45) is 0 Å². The van der Waals surface area contributed by atoms with Gasteiger partial charge in [0.05, 0.1) is 11.1 Å². The van der Waals surface area contributed by atoms with Gasteiger partial charge in [0.1, 0.15) is 5.76 Å². The summed E-state index contributed by atoms with van der Waals surface area (Å²) in [5, 5.41) is 5.90. The SMILES string of the molecule is CNC(c1cc2cccc(Cl)c2o1)c1c(Cl)cccc1Cl. The third-order valence-electron chi connectivity index (χ3n) is 3.38. The zero-order chi connectivity index (χ0) is 15.0. The predicted molar refractivity (Wildman–Crippen MR) is 88.6 cm³/mol. The molecule has 0 saturated heterocycles. The molecule has 0 radical (unpaired) electrons. The molecule has 0 saturated carbocycles. The summed E-state index contributed by atoms with van der Waals surface area (Å²) in [7, 11) is 1.83. The molecule has 0 amide bonds. The van der Waals surface area contributed by atoms with Crippen LogP contribution in [0.15, 0.2) is 46.9 Å². The van der Waals surface area contributed by atoms with Crippen LogP contribution in [0.1, 0.15) is 17.4 Å². The van der Waals surface area contributed by atoms with Crippen molar-refractivity contribution in [3.05, 3.63) is 68.9 Å². The lowest BCUT2D eigenvalue weighted by Crippen LogP contribution is -2.17. The molecule has 1 heterocycles. The number of rotatable bonds is 3. The summed E-state index contributed by atoms with van der Waals surface area (Å²) in [6.07, 6.45) is 0. The van der Waals surface area contributed by atoms with Gasteiger partial charge in [0, 0.05) is 21.0 Å². The second-order valence-electron chi connectivity index (χ2n) is 4.66. The molecule has 21 heavy (non-hydrogen) atoms. The highest BCUT2D eigenvalue weighted by atomic mass is 35.5. The van der Waals surface area contributed by atoms with Gasteiger partial charge >= 0.3 is 0 Å². The van der Waals surface area contributed by atoms with E-state index >= 15 is 0 Å². The van der Waals surface area contributed by atoms with Crippen LogP contribution in [-0.2, 0) is 0 Å². The zero-order valence-corrected chi connectivity index (χ0v) is 13.4. The molecule has 2 nitrogen and oxygen atoms in total. The van der Waals surface area contributed by atoms with E-state index in [2.05, 4.69) is 5.32 Å². The Bertz CT molecular complexity index is 777. The van der Waals surface area contributed by atoms with Crippen molar-refractivity contribution in [3.8, 4) is 0 Å². The van der Waals surface area contributed by atoms with Gasteiger partial charge in [-0.25, -0.2) is 0 Å². The Labute approximate surface area is 137 Å². The minimum Gasteiger partial charge on any atom is -0.457 e. The summed E-state index contributed by atoms with van der Waals surface area (Å²) in [6.45, 7) is 0.